The molecule has 0 bridgehead atoms. The third kappa shape index (κ3) is 3.82. The summed E-state index contributed by atoms with van der Waals surface area (Å²) in [6, 6.07) is 2.14. The summed E-state index contributed by atoms with van der Waals surface area (Å²) in [5.41, 5.74) is 2.52. The van der Waals surface area contributed by atoms with Gasteiger partial charge in [0.1, 0.15) is 0 Å². The highest BCUT2D eigenvalue weighted by Crippen LogP contribution is 2.37. The molecule has 4 heteroatoms. The summed E-state index contributed by atoms with van der Waals surface area (Å²) in [6.45, 7) is 6.68. The van der Waals surface area contributed by atoms with Crippen molar-refractivity contribution in [2.45, 2.75) is 38.4 Å². The van der Waals surface area contributed by atoms with E-state index in [4.69, 9.17) is 9.47 Å². The maximum absolute atomic E-state index is 6.00. The van der Waals surface area contributed by atoms with Gasteiger partial charge in [-0.15, -0.1) is 0 Å². The predicted molar refractivity (Wildman–Crippen MR) is 82.2 cm³/mol. The summed E-state index contributed by atoms with van der Waals surface area (Å²) in [4.78, 5) is 6.53. The molecule has 2 aliphatic rings. The molecule has 2 fully saturated rings. The van der Waals surface area contributed by atoms with Gasteiger partial charge in [0.2, 0.25) is 0 Å². The average Bonchev–Trinajstić information content (AvgIpc) is 2.43. The molecule has 21 heavy (non-hydrogen) atoms. The Balaban J connectivity index is 1.37. The molecule has 0 aromatic carbocycles. The summed E-state index contributed by atoms with van der Waals surface area (Å²) in [6.07, 6.45) is 7.29. The SMILES string of the molecule is Cc1cncc(COCCC2CCOC3(C2)CN(C)C3)c1. The minimum Gasteiger partial charge on any atom is -0.377 e. The fourth-order valence-electron chi connectivity index (χ4n) is 3.67. The van der Waals surface area contributed by atoms with Gasteiger partial charge in [-0.3, -0.25) is 4.98 Å². The van der Waals surface area contributed by atoms with Gasteiger partial charge < -0.3 is 14.4 Å². The van der Waals surface area contributed by atoms with Crippen LogP contribution in [-0.2, 0) is 16.1 Å². The first kappa shape index (κ1) is 14.9. The molecule has 0 radical (unpaired) electrons. The Morgan fingerprint density at radius 1 is 1.43 bits per heavy atom. The van der Waals surface area contributed by atoms with E-state index in [1.807, 2.05) is 12.4 Å². The number of ether oxygens (including phenoxy) is 2. The quantitative estimate of drug-likeness (QED) is 0.780. The molecule has 2 aliphatic heterocycles. The smallest absolute Gasteiger partial charge is 0.0937 e. The maximum atomic E-state index is 6.00. The zero-order chi connectivity index (χ0) is 14.7. The van der Waals surface area contributed by atoms with E-state index in [0.717, 1.165) is 38.6 Å². The van der Waals surface area contributed by atoms with Gasteiger partial charge in [0, 0.05) is 38.7 Å². The summed E-state index contributed by atoms with van der Waals surface area (Å²) < 4.78 is 11.8. The second-order valence-corrected chi connectivity index (χ2v) is 6.77. The predicted octanol–water partition coefficient (Wildman–Crippen LogP) is 2.41. The lowest BCUT2D eigenvalue weighted by Gasteiger charge is -2.52. The highest BCUT2D eigenvalue weighted by Gasteiger charge is 2.45. The highest BCUT2D eigenvalue weighted by molar-refractivity contribution is 5.15. The zero-order valence-electron chi connectivity index (χ0n) is 13.2. The minimum absolute atomic E-state index is 0.165. The van der Waals surface area contributed by atoms with Gasteiger partial charge >= 0.3 is 0 Å². The van der Waals surface area contributed by atoms with Crippen molar-refractivity contribution >= 4 is 0 Å². The monoisotopic (exact) mass is 290 g/mol. The molecule has 0 aliphatic carbocycles. The number of hydrogen-bond donors (Lipinski definition) is 0. The van der Waals surface area contributed by atoms with Crippen LogP contribution in [0.5, 0.6) is 0 Å². The minimum atomic E-state index is 0.165. The first-order chi connectivity index (χ1) is 10.2. The lowest BCUT2D eigenvalue weighted by atomic mass is 9.79. The van der Waals surface area contributed by atoms with Crippen LogP contribution in [0.25, 0.3) is 0 Å². The molecule has 0 saturated carbocycles. The Hall–Kier alpha value is -0.970. The Bertz CT molecular complexity index is 466. The zero-order valence-corrected chi connectivity index (χ0v) is 13.2. The van der Waals surface area contributed by atoms with Crippen molar-refractivity contribution in [1.29, 1.82) is 0 Å². The lowest BCUT2D eigenvalue weighted by Crippen LogP contribution is -2.63. The fourth-order valence-corrected chi connectivity index (χ4v) is 3.67. The average molecular weight is 290 g/mol. The van der Waals surface area contributed by atoms with E-state index < -0.39 is 0 Å². The first-order valence-corrected chi connectivity index (χ1v) is 7.96. The van der Waals surface area contributed by atoms with E-state index in [1.165, 1.54) is 24.0 Å². The Kier molecular flexibility index (Phi) is 4.57. The van der Waals surface area contributed by atoms with Gasteiger partial charge in [-0.25, -0.2) is 0 Å². The Morgan fingerprint density at radius 2 is 2.29 bits per heavy atom. The summed E-state index contributed by atoms with van der Waals surface area (Å²) in [5, 5.41) is 0. The number of likely N-dealkylation sites (N-methyl/N-ethyl adjacent to an activating group) is 1. The second kappa shape index (κ2) is 6.42. The molecule has 3 rings (SSSR count). The molecule has 1 aromatic heterocycles. The first-order valence-electron chi connectivity index (χ1n) is 7.96. The summed E-state index contributed by atoms with van der Waals surface area (Å²) >= 11 is 0. The van der Waals surface area contributed by atoms with E-state index in [0.29, 0.717) is 6.61 Å². The van der Waals surface area contributed by atoms with E-state index >= 15 is 0 Å². The molecule has 1 atom stereocenters. The van der Waals surface area contributed by atoms with Crippen LogP contribution in [0, 0.1) is 12.8 Å². The topological polar surface area (TPSA) is 34.6 Å². The van der Waals surface area contributed by atoms with Gasteiger partial charge in [0.05, 0.1) is 12.2 Å². The van der Waals surface area contributed by atoms with E-state index in [1.54, 1.807) is 0 Å². The third-order valence-electron chi connectivity index (χ3n) is 4.58. The Morgan fingerprint density at radius 3 is 3.05 bits per heavy atom. The third-order valence-corrected chi connectivity index (χ3v) is 4.58. The molecule has 0 N–H and O–H groups in total. The normalized spacial score (nSPS) is 25.0. The number of hydrogen-bond acceptors (Lipinski definition) is 4. The van der Waals surface area contributed by atoms with Crippen LogP contribution in [0.1, 0.15) is 30.4 Å². The molecule has 4 nitrogen and oxygen atoms in total. The number of likely N-dealkylation sites (tertiary alicyclic amines) is 1. The number of pyridine rings is 1. The fraction of sp³-hybridized carbons (Fsp3) is 0.706. The number of rotatable bonds is 5. The van der Waals surface area contributed by atoms with Crippen LogP contribution < -0.4 is 0 Å². The molecule has 1 aromatic rings. The molecular weight excluding hydrogens is 264 g/mol. The summed E-state index contributed by atoms with van der Waals surface area (Å²) in [7, 11) is 2.16. The van der Waals surface area contributed by atoms with Gasteiger partial charge in [0.15, 0.2) is 0 Å². The van der Waals surface area contributed by atoms with E-state index in [2.05, 4.69) is 29.9 Å². The highest BCUT2D eigenvalue weighted by atomic mass is 16.5. The molecule has 116 valence electrons. The molecule has 1 unspecified atom stereocenters. The number of aryl methyl sites for hydroxylation is 1. The van der Waals surface area contributed by atoms with Gasteiger partial charge in [-0.05, 0) is 50.3 Å². The molecule has 3 heterocycles. The van der Waals surface area contributed by atoms with Crippen molar-refractivity contribution in [1.82, 2.24) is 9.88 Å². The molecule has 2 saturated heterocycles. The Labute approximate surface area is 127 Å². The van der Waals surface area contributed by atoms with Gasteiger partial charge in [-0.2, -0.15) is 0 Å². The lowest BCUT2D eigenvalue weighted by molar-refractivity contribution is -0.173. The molecule has 0 amide bonds. The van der Waals surface area contributed by atoms with E-state index in [9.17, 15) is 0 Å². The standard InChI is InChI=1S/C17H26N2O2/c1-14-7-16(10-18-9-14)11-20-5-3-15-4-6-21-17(8-15)12-19(2)13-17/h7,9-10,15H,3-6,8,11-13H2,1-2H3. The van der Waals surface area contributed by atoms with Crippen molar-refractivity contribution in [3.63, 3.8) is 0 Å². The molecule has 1 spiro atoms. The van der Waals surface area contributed by atoms with Gasteiger partial charge in [-0.1, -0.05) is 6.07 Å². The van der Waals surface area contributed by atoms with Crippen LogP contribution in [0.15, 0.2) is 18.5 Å². The number of nitrogens with zero attached hydrogens (tertiary/aromatic N) is 2. The van der Waals surface area contributed by atoms with E-state index in [-0.39, 0.29) is 5.60 Å². The van der Waals surface area contributed by atoms with Crippen molar-refractivity contribution in [3.8, 4) is 0 Å². The van der Waals surface area contributed by atoms with Gasteiger partial charge in [0.25, 0.3) is 0 Å². The van der Waals surface area contributed by atoms with Crippen LogP contribution >= 0.6 is 0 Å². The van der Waals surface area contributed by atoms with Crippen molar-refractivity contribution < 1.29 is 9.47 Å². The van der Waals surface area contributed by atoms with Crippen molar-refractivity contribution in [2.75, 3.05) is 33.4 Å². The van der Waals surface area contributed by atoms with Crippen molar-refractivity contribution in [2.24, 2.45) is 5.92 Å². The van der Waals surface area contributed by atoms with Crippen LogP contribution in [0.2, 0.25) is 0 Å². The van der Waals surface area contributed by atoms with Crippen LogP contribution in [0.4, 0.5) is 0 Å². The largest absolute Gasteiger partial charge is 0.377 e. The van der Waals surface area contributed by atoms with Crippen LogP contribution in [0.3, 0.4) is 0 Å². The van der Waals surface area contributed by atoms with Crippen molar-refractivity contribution in [3.05, 3.63) is 29.6 Å². The second-order valence-electron chi connectivity index (χ2n) is 6.77. The molecular formula is C17H26N2O2. The van der Waals surface area contributed by atoms with Crippen LogP contribution in [-0.4, -0.2) is 48.8 Å². The number of aromatic nitrogens is 1. The summed E-state index contributed by atoms with van der Waals surface area (Å²) in [5.74, 6) is 0.753. The maximum Gasteiger partial charge on any atom is 0.0937 e.